The average molecular weight is 412 g/mol. The molecule has 1 atom stereocenters. The number of ether oxygens (including phenoxy) is 3. The van der Waals surface area contributed by atoms with E-state index < -0.39 is 11.4 Å². The highest BCUT2D eigenvalue weighted by Crippen LogP contribution is 2.47. The highest BCUT2D eigenvalue weighted by molar-refractivity contribution is 6.02. The van der Waals surface area contributed by atoms with Gasteiger partial charge in [-0.3, -0.25) is 9.59 Å². The van der Waals surface area contributed by atoms with Crippen LogP contribution in [0.2, 0.25) is 0 Å². The first kappa shape index (κ1) is 21.7. The summed E-state index contributed by atoms with van der Waals surface area (Å²) in [6.07, 6.45) is 2.37. The number of rotatable bonds is 9. The number of ketones is 1. The molecule has 0 heterocycles. The summed E-state index contributed by atoms with van der Waals surface area (Å²) in [7, 11) is 3.06. The van der Waals surface area contributed by atoms with Crippen molar-refractivity contribution in [3.05, 3.63) is 41.5 Å². The smallest absolute Gasteiger partial charge is 0.312 e. The largest absolute Gasteiger partial charge is 0.493 e. The zero-order chi connectivity index (χ0) is 21.9. The summed E-state index contributed by atoms with van der Waals surface area (Å²) in [6, 6.07) is 9.31. The number of Topliss-reactive ketones (excluding diaryl/α,β-unsaturated/α-hetero) is 1. The van der Waals surface area contributed by atoms with Gasteiger partial charge in [-0.05, 0) is 43.0 Å². The SMILES string of the molecule is CCC[C@@](C)(COc1c(-c2cccc3c2CCC3=O)ccc(OC)c1OC)C(=O)O. The molecule has 0 fully saturated rings. The second-order valence-corrected chi connectivity index (χ2v) is 7.84. The molecule has 6 heteroatoms. The number of benzene rings is 2. The fourth-order valence-corrected chi connectivity index (χ4v) is 4.02. The third-order valence-electron chi connectivity index (χ3n) is 5.72. The van der Waals surface area contributed by atoms with Crippen LogP contribution in [0.5, 0.6) is 17.2 Å². The Morgan fingerprint density at radius 1 is 1.03 bits per heavy atom. The number of aliphatic carboxylic acids is 1. The fraction of sp³-hybridized carbons (Fsp3) is 0.417. The first-order valence-electron chi connectivity index (χ1n) is 10.1. The van der Waals surface area contributed by atoms with E-state index in [0.29, 0.717) is 36.5 Å². The molecule has 0 saturated carbocycles. The number of carbonyl (C=O) groups excluding carboxylic acids is 1. The Morgan fingerprint density at radius 2 is 1.77 bits per heavy atom. The number of hydrogen-bond acceptors (Lipinski definition) is 5. The minimum atomic E-state index is -1.03. The number of fused-ring (bicyclic) bond motifs is 1. The van der Waals surface area contributed by atoms with Crippen molar-refractivity contribution in [3.63, 3.8) is 0 Å². The lowest BCUT2D eigenvalue weighted by molar-refractivity contribution is -0.150. The maximum absolute atomic E-state index is 12.2. The van der Waals surface area contributed by atoms with Crippen LogP contribution in [0.25, 0.3) is 11.1 Å². The van der Waals surface area contributed by atoms with Gasteiger partial charge in [0.15, 0.2) is 17.3 Å². The fourth-order valence-electron chi connectivity index (χ4n) is 4.02. The summed E-state index contributed by atoms with van der Waals surface area (Å²) in [4.78, 5) is 24.1. The molecule has 2 aromatic carbocycles. The molecule has 0 amide bonds. The van der Waals surface area contributed by atoms with Gasteiger partial charge in [0.05, 0.1) is 19.6 Å². The summed E-state index contributed by atoms with van der Waals surface area (Å²) in [5.41, 5.74) is 2.32. The highest BCUT2D eigenvalue weighted by Gasteiger charge is 2.34. The van der Waals surface area contributed by atoms with E-state index in [1.807, 2.05) is 31.2 Å². The third kappa shape index (κ3) is 3.86. The summed E-state index contributed by atoms with van der Waals surface area (Å²) >= 11 is 0. The second-order valence-electron chi connectivity index (χ2n) is 7.84. The number of carboxylic acids is 1. The molecule has 0 aliphatic heterocycles. The molecule has 30 heavy (non-hydrogen) atoms. The third-order valence-corrected chi connectivity index (χ3v) is 5.72. The topological polar surface area (TPSA) is 82.1 Å². The highest BCUT2D eigenvalue weighted by atomic mass is 16.5. The van der Waals surface area contributed by atoms with E-state index in [2.05, 4.69) is 0 Å². The van der Waals surface area contributed by atoms with Crippen LogP contribution in [-0.2, 0) is 11.2 Å². The van der Waals surface area contributed by atoms with Gasteiger partial charge in [-0.15, -0.1) is 0 Å². The normalized spacial score (nSPS) is 14.7. The number of hydrogen-bond donors (Lipinski definition) is 1. The summed E-state index contributed by atoms with van der Waals surface area (Å²) in [5.74, 6) is 0.553. The van der Waals surface area contributed by atoms with Crippen molar-refractivity contribution >= 4 is 11.8 Å². The molecule has 0 radical (unpaired) electrons. The van der Waals surface area contributed by atoms with Gasteiger partial charge in [0, 0.05) is 17.5 Å². The maximum atomic E-state index is 12.2. The Labute approximate surface area is 176 Å². The molecule has 0 spiro atoms. The van der Waals surface area contributed by atoms with Crippen LogP contribution in [-0.4, -0.2) is 37.7 Å². The van der Waals surface area contributed by atoms with Crippen LogP contribution >= 0.6 is 0 Å². The van der Waals surface area contributed by atoms with Gasteiger partial charge in [-0.1, -0.05) is 31.5 Å². The molecule has 0 bridgehead atoms. The van der Waals surface area contributed by atoms with E-state index >= 15 is 0 Å². The Bertz CT molecular complexity index is 964. The number of carbonyl (C=O) groups is 2. The van der Waals surface area contributed by atoms with E-state index in [1.165, 1.54) is 7.11 Å². The molecule has 1 N–H and O–H groups in total. The predicted octanol–water partition coefficient (Wildman–Crippen LogP) is 4.77. The molecule has 160 valence electrons. The maximum Gasteiger partial charge on any atom is 0.312 e. The van der Waals surface area contributed by atoms with Gasteiger partial charge in [-0.25, -0.2) is 0 Å². The first-order valence-corrected chi connectivity index (χ1v) is 10.1. The molecule has 3 rings (SSSR count). The summed E-state index contributed by atoms with van der Waals surface area (Å²) in [5, 5.41) is 9.74. The summed E-state index contributed by atoms with van der Waals surface area (Å²) in [6.45, 7) is 3.62. The Morgan fingerprint density at radius 3 is 2.40 bits per heavy atom. The predicted molar refractivity (Wildman–Crippen MR) is 114 cm³/mol. The van der Waals surface area contributed by atoms with Crippen LogP contribution in [0, 0.1) is 5.41 Å². The van der Waals surface area contributed by atoms with Gasteiger partial charge in [-0.2, -0.15) is 0 Å². The van der Waals surface area contributed by atoms with E-state index in [9.17, 15) is 14.7 Å². The molecule has 6 nitrogen and oxygen atoms in total. The standard InChI is InChI=1S/C24H28O6/c1-5-13-24(2,23(26)27)14-30-21-18(10-12-20(28-3)22(21)29-4)15-7-6-8-17-16(15)9-11-19(17)25/h6-8,10,12H,5,9,11,13-14H2,1-4H3,(H,26,27)/t24-/m0/s1. The van der Waals surface area contributed by atoms with Gasteiger partial charge < -0.3 is 19.3 Å². The van der Waals surface area contributed by atoms with Gasteiger partial charge >= 0.3 is 5.97 Å². The van der Waals surface area contributed by atoms with Gasteiger partial charge in [0.2, 0.25) is 5.75 Å². The van der Waals surface area contributed by atoms with Crippen molar-refractivity contribution in [2.75, 3.05) is 20.8 Å². The quantitative estimate of drug-likeness (QED) is 0.639. The second kappa shape index (κ2) is 8.78. The lowest BCUT2D eigenvalue weighted by atomic mass is 9.86. The Hall–Kier alpha value is -3.02. The van der Waals surface area contributed by atoms with Crippen molar-refractivity contribution in [3.8, 4) is 28.4 Å². The Balaban J connectivity index is 2.12. The van der Waals surface area contributed by atoms with Crippen LogP contribution in [0.1, 0.15) is 49.0 Å². The van der Waals surface area contributed by atoms with E-state index in [1.54, 1.807) is 20.1 Å². The minimum absolute atomic E-state index is 0.0132. The molecule has 0 unspecified atom stereocenters. The molecule has 2 aromatic rings. The summed E-state index contributed by atoms with van der Waals surface area (Å²) < 4.78 is 17.2. The zero-order valence-corrected chi connectivity index (χ0v) is 17.9. The van der Waals surface area contributed by atoms with Crippen LogP contribution < -0.4 is 14.2 Å². The van der Waals surface area contributed by atoms with Gasteiger partial charge in [0.25, 0.3) is 0 Å². The van der Waals surface area contributed by atoms with Crippen molar-refractivity contribution in [2.24, 2.45) is 5.41 Å². The van der Waals surface area contributed by atoms with E-state index in [0.717, 1.165) is 28.7 Å². The van der Waals surface area contributed by atoms with Crippen LogP contribution in [0.15, 0.2) is 30.3 Å². The van der Waals surface area contributed by atoms with Crippen molar-refractivity contribution < 1.29 is 28.9 Å². The molecular formula is C24H28O6. The monoisotopic (exact) mass is 412 g/mol. The Kier molecular flexibility index (Phi) is 6.34. The molecule has 0 saturated heterocycles. The number of methoxy groups -OCH3 is 2. The van der Waals surface area contributed by atoms with Crippen LogP contribution in [0.4, 0.5) is 0 Å². The van der Waals surface area contributed by atoms with Crippen molar-refractivity contribution in [1.82, 2.24) is 0 Å². The molecular weight excluding hydrogens is 384 g/mol. The van der Waals surface area contributed by atoms with Crippen molar-refractivity contribution in [2.45, 2.75) is 39.5 Å². The zero-order valence-electron chi connectivity index (χ0n) is 17.9. The molecule has 1 aliphatic rings. The first-order chi connectivity index (χ1) is 14.4. The van der Waals surface area contributed by atoms with E-state index in [4.69, 9.17) is 14.2 Å². The van der Waals surface area contributed by atoms with Crippen molar-refractivity contribution in [1.29, 1.82) is 0 Å². The molecule has 0 aromatic heterocycles. The lowest BCUT2D eigenvalue weighted by Crippen LogP contribution is -2.34. The molecule has 1 aliphatic carbocycles. The lowest BCUT2D eigenvalue weighted by Gasteiger charge is -2.26. The average Bonchev–Trinajstić information content (AvgIpc) is 3.12. The van der Waals surface area contributed by atoms with Crippen LogP contribution in [0.3, 0.4) is 0 Å². The van der Waals surface area contributed by atoms with E-state index in [-0.39, 0.29) is 12.4 Å². The minimum Gasteiger partial charge on any atom is -0.493 e. The van der Waals surface area contributed by atoms with Gasteiger partial charge in [0.1, 0.15) is 6.61 Å². The number of carboxylic acid groups (broad SMARTS) is 1.